The third-order valence-electron chi connectivity index (χ3n) is 2.59. The second kappa shape index (κ2) is 5.09. The van der Waals surface area contributed by atoms with E-state index in [-0.39, 0.29) is 6.54 Å². The molecule has 0 aliphatic carbocycles. The van der Waals surface area contributed by atoms with Crippen LogP contribution in [0.5, 0.6) is 0 Å². The Bertz CT molecular complexity index is 353. The molecule has 1 aliphatic heterocycles. The first-order valence-corrected chi connectivity index (χ1v) is 5.33. The summed E-state index contributed by atoms with van der Waals surface area (Å²) in [6.45, 7) is 2.17. The molecule has 86 valence electrons. The average molecular weight is 221 g/mol. The number of ether oxygens (including phenoxy) is 1. The van der Waals surface area contributed by atoms with Crippen LogP contribution in [-0.2, 0) is 16.1 Å². The Hall–Kier alpha value is -1.39. The summed E-state index contributed by atoms with van der Waals surface area (Å²) in [4.78, 5) is 12.3. The lowest BCUT2D eigenvalue weighted by molar-refractivity contribution is -0.137. The van der Waals surface area contributed by atoms with Gasteiger partial charge < -0.3 is 9.84 Å². The fourth-order valence-corrected chi connectivity index (χ4v) is 1.64. The fraction of sp³-hybridized carbons (Fsp3) is 0.417. The molecule has 0 saturated carbocycles. The molecule has 0 bridgehead atoms. The molecule has 4 heteroatoms. The van der Waals surface area contributed by atoms with Gasteiger partial charge in [-0.3, -0.25) is 9.69 Å². The second-order valence-electron chi connectivity index (χ2n) is 3.98. The van der Waals surface area contributed by atoms with Crippen LogP contribution in [-0.4, -0.2) is 41.7 Å². The Balaban J connectivity index is 1.62. The van der Waals surface area contributed by atoms with Crippen molar-refractivity contribution in [2.45, 2.75) is 12.6 Å². The zero-order valence-electron chi connectivity index (χ0n) is 9.00. The first kappa shape index (κ1) is 11.1. The Morgan fingerprint density at radius 1 is 1.44 bits per heavy atom. The minimum atomic E-state index is -0.773. The normalized spacial score (nSPS) is 23.0. The van der Waals surface area contributed by atoms with Crippen LogP contribution in [0.15, 0.2) is 30.3 Å². The molecule has 2 atom stereocenters. The summed E-state index contributed by atoms with van der Waals surface area (Å²) in [5, 5.41) is 8.56. The van der Waals surface area contributed by atoms with Gasteiger partial charge in [0.25, 0.3) is 0 Å². The number of nitrogens with zero attached hydrogens (tertiary/aromatic N) is 1. The molecule has 2 rings (SSSR count). The SMILES string of the molecule is O=C(O)CN1CC1COCc1ccccc1. The zero-order valence-corrected chi connectivity index (χ0v) is 9.00. The minimum Gasteiger partial charge on any atom is -0.480 e. The molecule has 4 nitrogen and oxygen atoms in total. The summed E-state index contributed by atoms with van der Waals surface area (Å²) >= 11 is 0. The van der Waals surface area contributed by atoms with E-state index in [1.807, 2.05) is 35.2 Å². The van der Waals surface area contributed by atoms with Crippen molar-refractivity contribution in [2.24, 2.45) is 0 Å². The van der Waals surface area contributed by atoms with Crippen LogP contribution in [0.3, 0.4) is 0 Å². The lowest BCUT2D eigenvalue weighted by Crippen LogP contribution is -2.16. The third kappa shape index (κ3) is 3.32. The molecule has 1 N–H and O–H groups in total. The number of hydrogen-bond donors (Lipinski definition) is 1. The quantitative estimate of drug-likeness (QED) is 0.727. The Morgan fingerprint density at radius 2 is 2.19 bits per heavy atom. The number of rotatable bonds is 6. The molecule has 1 aromatic rings. The fourth-order valence-electron chi connectivity index (χ4n) is 1.64. The largest absolute Gasteiger partial charge is 0.480 e. The van der Waals surface area contributed by atoms with Gasteiger partial charge in [-0.15, -0.1) is 0 Å². The highest BCUT2D eigenvalue weighted by Gasteiger charge is 2.35. The van der Waals surface area contributed by atoms with Crippen molar-refractivity contribution in [3.8, 4) is 0 Å². The number of carbonyl (C=O) groups is 1. The highest BCUT2D eigenvalue weighted by atomic mass is 16.5. The van der Waals surface area contributed by atoms with Gasteiger partial charge in [-0.1, -0.05) is 30.3 Å². The van der Waals surface area contributed by atoms with Crippen LogP contribution >= 0.6 is 0 Å². The molecule has 16 heavy (non-hydrogen) atoms. The van der Waals surface area contributed by atoms with E-state index in [1.165, 1.54) is 0 Å². The van der Waals surface area contributed by atoms with E-state index in [4.69, 9.17) is 9.84 Å². The van der Waals surface area contributed by atoms with Crippen LogP contribution in [0.2, 0.25) is 0 Å². The summed E-state index contributed by atoms with van der Waals surface area (Å²) in [5.41, 5.74) is 1.15. The number of carboxylic acid groups (broad SMARTS) is 1. The molecule has 1 aromatic carbocycles. The van der Waals surface area contributed by atoms with Crippen molar-refractivity contribution in [3.05, 3.63) is 35.9 Å². The average Bonchev–Trinajstić information content (AvgIpc) is 2.97. The van der Waals surface area contributed by atoms with Gasteiger partial charge in [0.15, 0.2) is 0 Å². The maximum absolute atomic E-state index is 10.4. The first-order valence-electron chi connectivity index (χ1n) is 5.33. The van der Waals surface area contributed by atoms with Gasteiger partial charge >= 0.3 is 5.97 Å². The number of carboxylic acids is 1. The zero-order chi connectivity index (χ0) is 11.4. The van der Waals surface area contributed by atoms with Crippen LogP contribution in [0, 0.1) is 0 Å². The van der Waals surface area contributed by atoms with Crippen molar-refractivity contribution >= 4 is 5.97 Å². The smallest absolute Gasteiger partial charge is 0.317 e. The molecule has 2 unspecified atom stereocenters. The molecule has 0 aromatic heterocycles. The number of aliphatic carboxylic acids is 1. The van der Waals surface area contributed by atoms with Crippen LogP contribution in [0.4, 0.5) is 0 Å². The van der Waals surface area contributed by atoms with Gasteiger partial charge in [-0.05, 0) is 5.56 Å². The molecule has 0 amide bonds. The van der Waals surface area contributed by atoms with Gasteiger partial charge in [-0.2, -0.15) is 0 Å². The molecular formula is C12H15NO3. The molecule has 1 saturated heterocycles. The predicted molar refractivity (Wildman–Crippen MR) is 59.1 cm³/mol. The van der Waals surface area contributed by atoms with E-state index in [2.05, 4.69) is 0 Å². The van der Waals surface area contributed by atoms with Crippen LogP contribution < -0.4 is 0 Å². The van der Waals surface area contributed by atoms with Gasteiger partial charge in [0.2, 0.25) is 0 Å². The molecule has 0 spiro atoms. The Morgan fingerprint density at radius 3 is 2.88 bits per heavy atom. The highest BCUT2D eigenvalue weighted by Crippen LogP contribution is 2.17. The maximum atomic E-state index is 10.4. The lowest BCUT2D eigenvalue weighted by atomic mass is 10.2. The number of hydrogen-bond acceptors (Lipinski definition) is 3. The second-order valence-corrected chi connectivity index (χ2v) is 3.98. The first-order chi connectivity index (χ1) is 7.75. The van der Waals surface area contributed by atoms with Gasteiger partial charge in [0.05, 0.1) is 19.8 Å². The molecular weight excluding hydrogens is 206 g/mol. The monoisotopic (exact) mass is 221 g/mol. The van der Waals surface area contributed by atoms with Gasteiger partial charge in [0.1, 0.15) is 0 Å². The minimum absolute atomic E-state index is 0.124. The number of benzene rings is 1. The van der Waals surface area contributed by atoms with Crippen molar-refractivity contribution in [2.75, 3.05) is 19.7 Å². The molecule has 0 radical (unpaired) electrons. The van der Waals surface area contributed by atoms with E-state index >= 15 is 0 Å². The summed E-state index contributed by atoms with van der Waals surface area (Å²) in [7, 11) is 0. The maximum Gasteiger partial charge on any atom is 0.317 e. The summed E-state index contributed by atoms with van der Waals surface area (Å²) in [6, 6.07) is 10.3. The van der Waals surface area contributed by atoms with Crippen LogP contribution in [0.25, 0.3) is 0 Å². The van der Waals surface area contributed by atoms with Crippen molar-refractivity contribution in [1.29, 1.82) is 0 Å². The van der Waals surface area contributed by atoms with Crippen LogP contribution in [0.1, 0.15) is 5.56 Å². The van der Waals surface area contributed by atoms with E-state index in [1.54, 1.807) is 0 Å². The van der Waals surface area contributed by atoms with E-state index in [9.17, 15) is 4.79 Å². The Labute approximate surface area is 94.4 Å². The van der Waals surface area contributed by atoms with Gasteiger partial charge in [0, 0.05) is 12.6 Å². The Kier molecular flexibility index (Phi) is 3.54. The van der Waals surface area contributed by atoms with Crippen molar-refractivity contribution in [3.63, 3.8) is 0 Å². The summed E-state index contributed by atoms with van der Waals surface area (Å²) < 4.78 is 5.52. The summed E-state index contributed by atoms with van der Waals surface area (Å²) in [6.07, 6.45) is 0. The van der Waals surface area contributed by atoms with Gasteiger partial charge in [-0.25, -0.2) is 0 Å². The molecule has 1 aliphatic rings. The van der Waals surface area contributed by atoms with E-state index in [0.717, 1.165) is 12.1 Å². The van der Waals surface area contributed by atoms with Crippen molar-refractivity contribution in [1.82, 2.24) is 4.90 Å². The molecule has 1 fully saturated rings. The van der Waals surface area contributed by atoms with Crippen molar-refractivity contribution < 1.29 is 14.6 Å². The van der Waals surface area contributed by atoms with E-state index in [0.29, 0.717) is 19.3 Å². The summed E-state index contributed by atoms with van der Waals surface area (Å²) in [5.74, 6) is -0.773. The standard InChI is InChI=1S/C12H15NO3/c14-12(15)7-13-6-11(13)9-16-8-10-4-2-1-3-5-10/h1-5,11H,6-9H2,(H,14,15). The lowest BCUT2D eigenvalue weighted by Gasteiger charge is -2.03. The topological polar surface area (TPSA) is 49.5 Å². The molecule has 1 heterocycles. The predicted octanol–water partition coefficient (Wildman–Crippen LogP) is 0.972. The highest BCUT2D eigenvalue weighted by molar-refractivity contribution is 5.69. The third-order valence-corrected chi connectivity index (χ3v) is 2.59. The van der Waals surface area contributed by atoms with E-state index < -0.39 is 5.97 Å².